The van der Waals surface area contributed by atoms with Crippen LogP contribution in [0.1, 0.15) is 31.6 Å². The number of hydrogen-bond donors (Lipinski definition) is 2. The summed E-state index contributed by atoms with van der Waals surface area (Å²) in [6.45, 7) is 3.01. The van der Waals surface area contributed by atoms with Crippen LogP contribution in [0.25, 0.3) is 11.0 Å². The standard InChI is InChI=1S/C13H19N3O/c1-2-10(14)13-15-11-6-3-4-7-12(11)16(13)8-5-9-17/h3-4,6-7,10,17H,2,5,8-9,14H2,1H3. The van der Waals surface area contributed by atoms with Crippen molar-refractivity contribution in [2.45, 2.75) is 32.4 Å². The monoisotopic (exact) mass is 233 g/mol. The summed E-state index contributed by atoms with van der Waals surface area (Å²) in [6, 6.07) is 7.98. The second kappa shape index (κ2) is 5.29. The van der Waals surface area contributed by atoms with E-state index in [-0.39, 0.29) is 12.6 Å². The lowest BCUT2D eigenvalue weighted by molar-refractivity contribution is 0.279. The first-order chi connectivity index (χ1) is 8.27. The molecule has 0 aliphatic rings. The van der Waals surface area contributed by atoms with Gasteiger partial charge in [-0.2, -0.15) is 0 Å². The van der Waals surface area contributed by atoms with E-state index >= 15 is 0 Å². The van der Waals surface area contributed by atoms with Gasteiger partial charge in [-0.3, -0.25) is 0 Å². The Labute approximate surface area is 101 Å². The van der Waals surface area contributed by atoms with Gasteiger partial charge in [0.15, 0.2) is 0 Å². The predicted molar refractivity (Wildman–Crippen MR) is 68.7 cm³/mol. The number of imidazole rings is 1. The first kappa shape index (κ1) is 12.1. The van der Waals surface area contributed by atoms with E-state index in [1.54, 1.807) is 0 Å². The number of aliphatic hydroxyl groups excluding tert-OH is 1. The molecule has 92 valence electrons. The van der Waals surface area contributed by atoms with Crippen molar-refractivity contribution in [3.63, 3.8) is 0 Å². The Morgan fingerprint density at radius 3 is 2.88 bits per heavy atom. The van der Waals surface area contributed by atoms with Gasteiger partial charge in [-0.05, 0) is 25.0 Å². The Balaban J connectivity index is 2.48. The number of fused-ring (bicyclic) bond motifs is 1. The lowest BCUT2D eigenvalue weighted by Gasteiger charge is -2.12. The van der Waals surface area contributed by atoms with Crippen LogP contribution in [0.15, 0.2) is 24.3 Å². The van der Waals surface area contributed by atoms with Gasteiger partial charge in [0.1, 0.15) is 5.82 Å². The molecule has 1 heterocycles. The van der Waals surface area contributed by atoms with Crippen molar-refractivity contribution < 1.29 is 5.11 Å². The highest BCUT2D eigenvalue weighted by Gasteiger charge is 2.14. The number of aryl methyl sites for hydroxylation is 1. The summed E-state index contributed by atoms with van der Waals surface area (Å²) in [5, 5.41) is 8.96. The minimum absolute atomic E-state index is 0.0407. The lowest BCUT2D eigenvalue weighted by Crippen LogP contribution is -2.16. The van der Waals surface area contributed by atoms with Crippen LogP contribution in [0.5, 0.6) is 0 Å². The molecule has 1 aromatic carbocycles. The van der Waals surface area contributed by atoms with Gasteiger partial charge in [-0.1, -0.05) is 19.1 Å². The van der Waals surface area contributed by atoms with Crippen LogP contribution < -0.4 is 5.73 Å². The fourth-order valence-corrected chi connectivity index (χ4v) is 2.02. The van der Waals surface area contributed by atoms with Crippen molar-refractivity contribution in [3.8, 4) is 0 Å². The molecule has 1 unspecified atom stereocenters. The average Bonchev–Trinajstić information content (AvgIpc) is 2.74. The zero-order valence-corrected chi connectivity index (χ0v) is 10.1. The molecule has 0 saturated carbocycles. The maximum Gasteiger partial charge on any atom is 0.126 e. The largest absolute Gasteiger partial charge is 0.396 e. The summed E-state index contributed by atoms with van der Waals surface area (Å²) in [4.78, 5) is 4.59. The molecule has 3 N–H and O–H groups in total. The van der Waals surface area contributed by atoms with Crippen LogP contribution in [-0.4, -0.2) is 21.3 Å². The zero-order valence-electron chi connectivity index (χ0n) is 10.1. The number of aliphatic hydroxyl groups is 1. The summed E-state index contributed by atoms with van der Waals surface area (Å²) < 4.78 is 2.12. The average molecular weight is 233 g/mol. The van der Waals surface area contributed by atoms with Crippen molar-refractivity contribution in [2.75, 3.05) is 6.61 Å². The van der Waals surface area contributed by atoms with Crippen molar-refractivity contribution in [1.29, 1.82) is 0 Å². The van der Waals surface area contributed by atoms with Gasteiger partial charge in [-0.25, -0.2) is 4.98 Å². The van der Waals surface area contributed by atoms with Gasteiger partial charge in [-0.15, -0.1) is 0 Å². The molecule has 1 aromatic heterocycles. The predicted octanol–water partition coefficient (Wildman–Crippen LogP) is 1.83. The second-order valence-corrected chi connectivity index (χ2v) is 4.20. The Morgan fingerprint density at radius 1 is 1.41 bits per heavy atom. The molecule has 0 aliphatic heterocycles. The number of aromatic nitrogens is 2. The summed E-state index contributed by atoms with van der Waals surface area (Å²) in [6.07, 6.45) is 1.59. The van der Waals surface area contributed by atoms with Crippen molar-refractivity contribution in [1.82, 2.24) is 9.55 Å². The molecule has 4 heteroatoms. The van der Waals surface area contributed by atoms with Crippen LogP contribution in [0.2, 0.25) is 0 Å². The molecule has 0 amide bonds. The lowest BCUT2D eigenvalue weighted by atomic mass is 10.2. The van der Waals surface area contributed by atoms with Gasteiger partial charge >= 0.3 is 0 Å². The third-order valence-corrected chi connectivity index (χ3v) is 3.00. The van der Waals surface area contributed by atoms with E-state index in [0.29, 0.717) is 0 Å². The van der Waals surface area contributed by atoms with Crippen LogP contribution in [0, 0.1) is 0 Å². The Bertz CT molecular complexity index is 492. The molecule has 0 bridgehead atoms. The van der Waals surface area contributed by atoms with Gasteiger partial charge in [0.05, 0.1) is 17.1 Å². The second-order valence-electron chi connectivity index (χ2n) is 4.20. The highest BCUT2D eigenvalue weighted by molar-refractivity contribution is 5.76. The molecule has 0 saturated heterocycles. The van der Waals surface area contributed by atoms with Gasteiger partial charge in [0, 0.05) is 13.2 Å². The van der Waals surface area contributed by atoms with Gasteiger partial charge in [0.2, 0.25) is 0 Å². The molecule has 2 aromatic rings. The van der Waals surface area contributed by atoms with Crippen molar-refractivity contribution >= 4 is 11.0 Å². The number of para-hydroxylation sites is 2. The van der Waals surface area contributed by atoms with Crippen LogP contribution in [0.3, 0.4) is 0 Å². The van der Waals surface area contributed by atoms with Crippen LogP contribution in [-0.2, 0) is 6.54 Å². The SMILES string of the molecule is CCC(N)c1nc2ccccc2n1CCCO. The molecule has 4 nitrogen and oxygen atoms in total. The van der Waals surface area contributed by atoms with Gasteiger partial charge in [0.25, 0.3) is 0 Å². The van der Waals surface area contributed by atoms with Crippen molar-refractivity contribution in [2.24, 2.45) is 5.73 Å². The van der Waals surface area contributed by atoms with Crippen LogP contribution in [0.4, 0.5) is 0 Å². The van der Waals surface area contributed by atoms with Crippen LogP contribution >= 0.6 is 0 Å². The van der Waals surface area contributed by atoms with E-state index in [1.165, 1.54) is 0 Å². The van der Waals surface area contributed by atoms with E-state index in [2.05, 4.69) is 16.5 Å². The zero-order chi connectivity index (χ0) is 12.3. The van der Waals surface area contributed by atoms with Crippen molar-refractivity contribution in [3.05, 3.63) is 30.1 Å². The molecule has 0 radical (unpaired) electrons. The fourth-order valence-electron chi connectivity index (χ4n) is 2.02. The topological polar surface area (TPSA) is 64.1 Å². The maximum absolute atomic E-state index is 8.96. The smallest absolute Gasteiger partial charge is 0.126 e. The Kier molecular flexibility index (Phi) is 3.76. The number of nitrogens with two attached hydrogens (primary N) is 1. The molecule has 1 atom stereocenters. The summed E-state index contributed by atoms with van der Waals surface area (Å²) in [5.41, 5.74) is 8.16. The molecule has 2 rings (SSSR count). The normalized spacial score (nSPS) is 13.1. The highest BCUT2D eigenvalue weighted by atomic mass is 16.3. The molecule has 0 fully saturated rings. The molecular formula is C13H19N3O. The summed E-state index contributed by atoms with van der Waals surface area (Å²) in [7, 11) is 0. The fraction of sp³-hybridized carbons (Fsp3) is 0.462. The quantitative estimate of drug-likeness (QED) is 0.828. The molecule has 0 spiro atoms. The molecular weight excluding hydrogens is 214 g/mol. The number of rotatable bonds is 5. The molecule has 0 aliphatic carbocycles. The first-order valence-electron chi connectivity index (χ1n) is 6.09. The van der Waals surface area contributed by atoms with E-state index in [1.807, 2.05) is 24.3 Å². The third-order valence-electron chi connectivity index (χ3n) is 3.00. The third kappa shape index (κ3) is 2.33. The van der Waals surface area contributed by atoms with Gasteiger partial charge < -0.3 is 15.4 Å². The summed E-state index contributed by atoms with van der Waals surface area (Å²) >= 11 is 0. The first-order valence-corrected chi connectivity index (χ1v) is 6.09. The number of benzene rings is 1. The van der Waals surface area contributed by atoms with E-state index in [4.69, 9.17) is 10.8 Å². The number of nitrogens with zero attached hydrogens (tertiary/aromatic N) is 2. The summed E-state index contributed by atoms with van der Waals surface area (Å²) in [5.74, 6) is 0.919. The number of hydrogen-bond acceptors (Lipinski definition) is 3. The van der Waals surface area contributed by atoms with E-state index < -0.39 is 0 Å². The minimum atomic E-state index is -0.0407. The maximum atomic E-state index is 8.96. The molecule has 17 heavy (non-hydrogen) atoms. The highest BCUT2D eigenvalue weighted by Crippen LogP contribution is 2.21. The minimum Gasteiger partial charge on any atom is -0.396 e. The Morgan fingerprint density at radius 2 is 2.18 bits per heavy atom. The van der Waals surface area contributed by atoms with E-state index in [0.717, 1.165) is 36.2 Å². The Hall–Kier alpha value is -1.39. The van der Waals surface area contributed by atoms with E-state index in [9.17, 15) is 0 Å².